The smallest absolute Gasteiger partial charge is 0.251 e. The molecule has 25 heavy (non-hydrogen) atoms. The molecule has 1 atom stereocenters. The number of nitrogens with one attached hydrogen (secondary N) is 1. The van der Waals surface area contributed by atoms with Gasteiger partial charge in [0, 0.05) is 17.0 Å². The largest absolute Gasteiger partial charge is 0.464 e. The van der Waals surface area contributed by atoms with Crippen molar-refractivity contribution in [3.8, 4) is 10.6 Å². The van der Waals surface area contributed by atoms with Crippen LogP contribution in [0.1, 0.15) is 21.3 Å². The van der Waals surface area contributed by atoms with Crippen LogP contribution in [-0.2, 0) is 0 Å². The Morgan fingerprint density at radius 3 is 3.04 bits per heavy atom. The summed E-state index contributed by atoms with van der Waals surface area (Å²) in [5.74, 6) is 0.558. The average Bonchev–Trinajstić information content (AvgIpc) is 3.38. The Kier molecular flexibility index (Phi) is 4.35. The molecule has 0 aliphatic rings. The third-order valence-electron chi connectivity index (χ3n) is 3.77. The highest BCUT2D eigenvalue weighted by atomic mass is 32.1. The lowest BCUT2D eigenvalue weighted by atomic mass is 10.2. The van der Waals surface area contributed by atoms with Gasteiger partial charge in [-0.3, -0.25) is 4.79 Å². The van der Waals surface area contributed by atoms with Crippen molar-refractivity contribution in [3.05, 3.63) is 64.7 Å². The van der Waals surface area contributed by atoms with Crippen LogP contribution in [0.3, 0.4) is 0 Å². The summed E-state index contributed by atoms with van der Waals surface area (Å²) in [6.45, 7) is 0.150. The second-order valence-electron chi connectivity index (χ2n) is 5.44. The van der Waals surface area contributed by atoms with Gasteiger partial charge in [0.15, 0.2) is 0 Å². The number of aliphatic hydroxyl groups is 1. The maximum atomic E-state index is 12.3. The van der Waals surface area contributed by atoms with Crippen LogP contribution < -0.4 is 5.32 Å². The van der Waals surface area contributed by atoms with Crippen molar-refractivity contribution in [2.45, 2.75) is 6.10 Å². The molecule has 0 bridgehead atoms. The molecule has 0 aliphatic carbocycles. The van der Waals surface area contributed by atoms with Gasteiger partial charge >= 0.3 is 0 Å². The number of hydrogen-bond donors (Lipinski definition) is 2. The van der Waals surface area contributed by atoms with E-state index >= 15 is 0 Å². The van der Waals surface area contributed by atoms with Gasteiger partial charge in [-0.2, -0.15) is 0 Å². The molecular formula is C18H14N2O3S2. The number of hydrogen-bond acceptors (Lipinski definition) is 6. The number of thiazole rings is 1. The molecule has 0 saturated carbocycles. The van der Waals surface area contributed by atoms with E-state index in [-0.39, 0.29) is 12.5 Å². The number of rotatable bonds is 5. The average molecular weight is 370 g/mol. The fraction of sp³-hybridized carbons (Fsp3) is 0.111. The van der Waals surface area contributed by atoms with Gasteiger partial charge in [-0.05, 0) is 42.5 Å². The Balaban J connectivity index is 1.41. The molecule has 1 amide bonds. The first-order valence-corrected chi connectivity index (χ1v) is 9.33. The van der Waals surface area contributed by atoms with Crippen molar-refractivity contribution in [2.24, 2.45) is 0 Å². The van der Waals surface area contributed by atoms with E-state index in [4.69, 9.17) is 4.42 Å². The Labute approximate surface area is 151 Å². The lowest BCUT2D eigenvalue weighted by molar-refractivity contribution is 0.0918. The summed E-state index contributed by atoms with van der Waals surface area (Å²) in [6.07, 6.45) is 0.857. The van der Waals surface area contributed by atoms with E-state index in [2.05, 4.69) is 10.3 Å². The summed E-state index contributed by atoms with van der Waals surface area (Å²) < 4.78 is 6.32. The van der Waals surface area contributed by atoms with Gasteiger partial charge in [0.1, 0.15) is 11.9 Å². The number of carbonyl (C=O) groups is 1. The van der Waals surface area contributed by atoms with E-state index in [9.17, 15) is 9.90 Å². The number of carbonyl (C=O) groups excluding carboxylic acids is 1. The van der Waals surface area contributed by atoms with Crippen LogP contribution >= 0.6 is 22.7 Å². The van der Waals surface area contributed by atoms with Gasteiger partial charge in [-0.1, -0.05) is 0 Å². The van der Waals surface area contributed by atoms with E-state index in [1.807, 2.05) is 36.4 Å². The first kappa shape index (κ1) is 16.0. The lowest BCUT2D eigenvalue weighted by Crippen LogP contribution is -2.28. The standard InChI is InChI=1S/C18H14N2O3S2/c21-13(15-5-6-16(25-15)14-2-1-7-23-14)9-19-18(22)11-3-4-12-17(8-11)24-10-20-12/h1-8,10,13,21H,9H2,(H,19,22). The zero-order valence-electron chi connectivity index (χ0n) is 13.0. The Morgan fingerprint density at radius 1 is 1.28 bits per heavy atom. The molecular weight excluding hydrogens is 356 g/mol. The van der Waals surface area contributed by atoms with Crippen LogP contribution in [0, 0.1) is 0 Å². The number of aliphatic hydroxyl groups excluding tert-OH is 1. The van der Waals surface area contributed by atoms with Crippen molar-refractivity contribution in [1.82, 2.24) is 10.3 Å². The first-order chi connectivity index (χ1) is 12.2. The predicted octanol–water partition coefficient (Wildman–Crippen LogP) is 4.08. The number of furan rings is 1. The normalized spacial score (nSPS) is 12.4. The van der Waals surface area contributed by atoms with Crippen molar-refractivity contribution < 1.29 is 14.3 Å². The highest BCUT2D eigenvalue weighted by molar-refractivity contribution is 7.16. The zero-order valence-corrected chi connectivity index (χ0v) is 14.6. The van der Waals surface area contributed by atoms with E-state index in [0.29, 0.717) is 5.56 Å². The summed E-state index contributed by atoms with van der Waals surface area (Å²) in [4.78, 5) is 18.2. The minimum Gasteiger partial charge on any atom is -0.464 e. The van der Waals surface area contributed by atoms with Crippen molar-refractivity contribution in [3.63, 3.8) is 0 Å². The maximum absolute atomic E-state index is 12.3. The van der Waals surface area contributed by atoms with Gasteiger partial charge in [0.2, 0.25) is 0 Å². The first-order valence-electron chi connectivity index (χ1n) is 7.64. The van der Waals surface area contributed by atoms with Gasteiger partial charge in [0.25, 0.3) is 5.91 Å². The third-order valence-corrected chi connectivity index (χ3v) is 5.76. The minimum atomic E-state index is -0.759. The number of thiophene rings is 1. The molecule has 2 N–H and O–H groups in total. The monoisotopic (exact) mass is 370 g/mol. The number of benzene rings is 1. The number of nitrogens with zero attached hydrogens (tertiary/aromatic N) is 1. The molecule has 4 rings (SSSR count). The molecule has 0 saturated heterocycles. The second-order valence-corrected chi connectivity index (χ2v) is 7.44. The quantitative estimate of drug-likeness (QED) is 0.555. The van der Waals surface area contributed by atoms with E-state index in [1.54, 1.807) is 17.8 Å². The highest BCUT2D eigenvalue weighted by Gasteiger charge is 2.15. The molecule has 1 unspecified atom stereocenters. The summed E-state index contributed by atoms with van der Waals surface area (Å²) in [6, 6.07) is 12.8. The molecule has 0 spiro atoms. The van der Waals surface area contributed by atoms with Gasteiger partial charge < -0.3 is 14.8 Å². The maximum Gasteiger partial charge on any atom is 0.251 e. The molecule has 4 aromatic rings. The van der Waals surface area contributed by atoms with Crippen molar-refractivity contribution in [2.75, 3.05) is 6.54 Å². The van der Waals surface area contributed by atoms with Crippen molar-refractivity contribution in [1.29, 1.82) is 0 Å². The van der Waals surface area contributed by atoms with Crippen molar-refractivity contribution >= 4 is 38.8 Å². The minimum absolute atomic E-state index is 0.150. The van der Waals surface area contributed by atoms with Gasteiger partial charge in [-0.15, -0.1) is 22.7 Å². The fourth-order valence-electron chi connectivity index (χ4n) is 2.47. The molecule has 0 fully saturated rings. The summed E-state index contributed by atoms with van der Waals surface area (Å²) >= 11 is 2.94. The van der Waals surface area contributed by atoms with Crippen LogP contribution in [0.2, 0.25) is 0 Å². The molecule has 7 heteroatoms. The van der Waals surface area contributed by atoms with Gasteiger partial charge in [-0.25, -0.2) is 4.98 Å². The highest BCUT2D eigenvalue weighted by Crippen LogP contribution is 2.31. The topological polar surface area (TPSA) is 75.4 Å². The van der Waals surface area contributed by atoms with Crippen LogP contribution in [0.4, 0.5) is 0 Å². The SMILES string of the molecule is O=C(NCC(O)c1ccc(-c2ccco2)s1)c1ccc2ncsc2c1. The van der Waals surface area contributed by atoms with Crippen LogP contribution in [-0.4, -0.2) is 22.5 Å². The Hall–Kier alpha value is -2.48. The number of amides is 1. The van der Waals surface area contributed by atoms with E-state index in [0.717, 1.165) is 25.7 Å². The number of aromatic nitrogens is 1. The summed E-state index contributed by atoms with van der Waals surface area (Å²) in [5.41, 5.74) is 3.20. The molecule has 0 aliphatic heterocycles. The van der Waals surface area contributed by atoms with Crippen LogP contribution in [0.5, 0.6) is 0 Å². The van der Waals surface area contributed by atoms with E-state index < -0.39 is 6.10 Å². The van der Waals surface area contributed by atoms with Crippen LogP contribution in [0.15, 0.2) is 58.7 Å². The predicted molar refractivity (Wildman–Crippen MR) is 98.9 cm³/mol. The molecule has 1 aromatic carbocycles. The van der Waals surface area contributed by atoms with Gasteiger partial charge in [0.05, 0.1) is 26.9 Å². The summed E-state index contributed by atoms with van der Waals surface area (Å²) in [5, 5.41) is 13.1. The molecule has 3 aromatic heterocycles. The van der Waals surface area contributed by atoms with Crippen LogP contribution in [0.25, 0.3) is 20.9 Å². The number of fused-ring (bicyclic) bond motifs is 1. The zero-order chi connectivity index (χ0) is 17.2. The molecule has 0 radical (unpaired) electrons. The fourth-order valence-corrected chi connectivity index (χ4v) is 4.15. The third kappa shape index (κ3) is 3.34. The molecule has 5 nitrogen and oxygen atoms in total. The molecule has 3 heterocycles. The molecule has 126 valence electrons. The Morgan fingerprint density at radius 2 is 2.20 bits per heavy atom. The van der Waals surface area contributed by atoms with E-state index in [1.165, 1.54) is 22.7 Å². The summed E-state index contributed by atoms with van der Waals surface area (Å²) in [7, 11) is 0. The Bertz CT molecular complexity index is 1000. The second kappa shape index (κ2) is 6.79. The lowest BCUT2D eigenvalue weighted by Gasteiger charge is -2.10.